The molecule has 1 saturated heterocycles. The minimum absolute atomic E-state index is 0.0262. The van der Waals surface area contributed by atoms with E-state index in [-0.39, 0.29) is 24.0 Å². The van der Waals surface area contributed by atoms with Crippen LogP contribution in [0.4, 0.5) is 4.39 Å². The van der Waals surface area contributed by atoms with Crippen LogP contribution >= 0.6 is 0 Å². The SMILES string of the molecule is CCC(N)C(c1ccc(F)cc1)N(C)C1CCOC1C. The molecule has 1 heterocycles. The molecule has 2 N–H and O–H groups in total. The topological polar surface area (TPSA) is 38.5 Å². The fraction of sp³-hybridized carbons (Fsp3) is 0.625. The Morgan fingerprint density at radius 1 is 1.40 bits per heavy atom. The molecule has 4 atom stereocenters. The monoisotopic (exact) mass is 280 g/mol. The minimum atomic E-state index is -0.210. The molecular weight excluding hydrogens is 255 g/mol. The third-order valence-corrected chi connectivity index (χ3v) is 4.39. The number of halogens is 1. The Kier molecular flexibility index (Phi) is 5.13. The highest BCUT2D eigenvalue weighted by Gasteiger charge is 2.34. The van der Waals surface area contributed by atoms with E-state index >= 15 is 0 Å². The molecule has 0 saturated carbocycles. The van der Waals surface area contributed by atoms with Gasteiger partial charge in [0.2, 0.25) is 0 Å². The lowest BCUT2D eigenvalue weighted by Gasteiger charge is -2.38. The molecular formula is C16H25FN2O. The molecule has 4 heteroatoms. The van der Waals surface area contributed by atoms with E-state index in [0.717, 1.165) is 25.0 Å². The van der Waals surface area contributed by atoms with Crippen molar-refractivity contribution in [1.29, 1.82) is 0 Å². The molecule has 1 aliphatic heterocycles. The van der Waals surface area contributed by atoms with Crippen LogP contribution in [0.1, 0.15) is 38.3 Å². The van der Waals surface area contributed by atoms with Gasteiger partial charge in [-0.2, -0.15) is 0 Å². The van der Waals surface area contributed by atoms with Crippen molar-refractivity contribution >= 4 is 0 Å². The summed E-state index contributed by atoms with van der Waals surface area (Å²) in [6, 6.07) is 7.18. The molecule has 1 aromatic rings. The molecule has 0 amide bonds. The Labute approximate surface area is 120 Å². The van der Waals surface area contributed by atoms with Crippen molar-refractivity contribution in [2.75, 3.05) is 13.7 Å². The predicted octanol–water partition coefficient (Wildman–Crippen LogP) is 2.71. The van der Waals surface area contributed by atoms with Gasteiger partial charge in [0, 0.05) is 24.7 Å². The number of likely N-dealkylation sites (N-methyl/N-ethyl adjacent to an activating group) is 1. The molecule has 1 aliphatic rings. The summed E-state index contributed by atoms with van der Waals surface area (Å²) in [5.74, 6) is -0.210. The van der Waals surface area contributed by atoms with E-state index in [4.69, 9.17) is 10.5 Å². The number of hydrogen-bond acceptors (Lipinski definition) is 3. The summed E-state index contributed by atoms with van der Waals surface area (Å²) >= 11 is 0. The third kappa shape index (κ3) is 3.19. The molecule has 20 heavy (non-hydrogen) atoms. The first-order valence-corrected chi connectivity index (χ1v) is 7.39. The molecule has 4 unspecified atom stereocenters. The fourth-order valence-electron chi connectivity index (χ4n) is 3.13. The Balaban J connectivity index is 2.25. The van der Waals surface area contributed by atoms with Gasteiger partial charge in [-0.1, -0.05) is 19.1 Å². The molecule has 0 bridgehead atoms. The second-order valence-electron chi connectivity index (χ2n) is 5.67. The molecule has 3 nitrogen and oxygen atoms in total. The molecule has 1 aromatic carbocycles. The van der Waals surface area contributed by atoms with Gasteiger partial charge in [0.25, 0.3) is 0 Å². The van der Waals surface area contributed by atoms with E-state index in [9.17, 15) is 4.39 Å². The zero-order valence-corrected chi connectivity index (χ0v) is 12.6. The van der Waals surface area contributed by atoms with Crippen molar-refractivity contribution in [3.8, 4) is 0 Å². The number of nitrogens with zero attached hydrogens (tertiary/aromatic N) is 1. The summed E-state index contributed by atoms with van der Waals surface area (Å²) in [5.41, 5.74) is 7.40. The quantitative estimate of drug-likeness (QED) is 0.901. The maximum atomic E-state index is 13.1. The number of ether oxygens (including phenoxy) is 1. The Hall–Kier alpha value is -0.970. The smallest absolute Gasteiger partial charge is 0.123 e. The van der Waals surface area contributed by atoms with Crippen LogP contribution < -0.4 is 5.73 Å². The zero-order valence-electron chi connectivity index (χ0n) is 12.6. The number of nitrogens with two attached hydrogens (primary N) is 1. The van der Waals surface area contributed by atoms with E-state index in [0.29, 0.717) is 6.04 Å². The second-order valence-corrected chi connectivity index (χ2v) is 5.67. The first-order valence-electron chi connectivity index (χ1n) is 7.39. The molecule has 112 valence electrons. The van der Waals surface area contributed by atoms with E-state index in [1.165, 1.54) is 12.1 Å². The van der Waals surface area contributed by atoms with Gasteiger partial charge >= 0.3 is 0 Å². The molecule has 0 aromatic heterocycles. The summed E-state index contributed by atoms with van der Waals surface area (Å²) in [4.78, 5) is 2.30. The van der Waals surface area contributed by atoms with E-state index in [1.807, 2.05) is 12.1 Å². The summed E-state index contributed by atoms with van der Waals surface area (Å²) < 4.78 is 18.8. The van der Waals surface area contributed by atoms with Gasteiger partial charge in [0.1, 0.15) is 5.82 Å². The standard InChI is InChI=1S/C16H25FN2O/c1-4-14(18)16(12-5-7-13(17)8-6-12)19(3)15-9-10-20-11(15)2/h5-8,11,14-16H,4,9-10,18H2,1-3H3. The Morgan fingerprint density at radius 3 is 2.55 bits per heavy atom. The number of rotatable bonds is 5. The van der Waals surface area contributed by atoms with Crippen molar-refractivity contribution < 1.29 is 9.13 Å². The van der Waals surface area contributed by atoms with Gasteiger partial charge in [-0.25, -0.2) is 4.39 Å². The molecule has 0 radical (unpaired) electrons. The molecule has 0 aliphatic carbocycles. The van der Waals surface area contributed by atoms with Crippen molar-refractivity contribution in [3.63, 3.8) is 0 Å². The van der Waals surface area contributed by atoms with Gasteiger partial charge in [-0.05, 0) is 44.5 Å². The first-order chi connectivity index (χ1) is 9.54. The van der Waals surface area contributed by atoms with Gasteiger partial charge in [0.05, 0.1) is 6.10 Å². The van der Waals surface area contributed by atoms with E-state index in [1.54, 1.807) is 0 Å². The highest BCUT2D eigenvalue weighted by molar-refractivity contribution is 5.22. The number of benzene rings is 1. The summed E-state index contributed by atoms with van der Waals surface area (Å²) in [5, 5.41) is 0. The van der Waals surface area contributed by atoms with E-state index < -0.39 is 0 Å². The Bertz CT molecular complexity index is 423. The van der Waals surface area contributed by atoms with Crippen LogP contribution in [0, 0.1) is 5.82 Å². The maximum absolute atomic E-state index is 13.1. The van der Waals surface area contributed by atoms with Crippen molar-refractivity contribution in [3.05, 3.63) is 35.6 Å². The lowest BCUT2D eigenvalue weighted by Crippen LogP contribution is -2.46. The molecule has 1 fully saturated rings. The van der Waals surface area contributed by atoms with Crippen molar-refractivity contribution in [2.45, 2.75) is 50.9 Å². The highest BCUT2D eigenvalue weighted by Crippen LogP contribution is 2.30. The average molecular weight is 280 g/mol. The van der Waals surface area contributed by atoms with Crippen LogP contribution in [0.15, 0.2) is 24.3 Å². The summed E-state index contributed by atoms with van der Waals surface area (Å²) in [6.45, 7) is 4.99. The molecule has 2 rings (SSSR count). The second kappa shape index (κ2) is 6.66. The Morgan fingerprint density at radius 2 is 2.05 bits per heavy atom. The van der Waals surface area contributed by atoms with Crippen molar-refractivity contribution in [2.24, 2.45) is 5.73 Å². The third-order valence-electron chi connectivity index (χ3n) is 4.39. The molecule has 0 spiro atoms. The maximum Gasteiger partial charge on any atom is 0.123 e. The van der Waals surface area contributed by atoms with Crippen LogP contribution in [0.5, 0.6) is 0 Å². The highest BCUT2D eigenvalue weighted by atomic mass is 19.1. The average Bonchev–Trinajstić information content (AvgIpc) is 2.87. The predicted molar refractivity (Wildman–Crippen MR) is 79.0 cm³/mol. The first kappa shape index (κ1) is 15.4. The van der Waals surface area contributed by atoms with Crippen molar-refractivity contribution in [1.82, 2.24) is 4.90 Å². The zero-order chi connectivity index (χ0) is 14.7. The normalized spacial score (nSPS) is 25.9. The van der Waals surface area contributed by atoms with Crippen LogP contribution in [-0.4, -0.2) is 36.7 Å². The number of hydrogen-bond donors (Lipinski definition) is 1. The summed E-state index contributed by atoms with van der Waals surface area (Å²) in [7, 11) is 2.10. The fourth-order valence-corrected chi connectivity index (χ4v) is 3.13. The lowest BCUT2D eigenvalue weighted by atomic mass is 9.94. The summed E-state index contributed by atoms with van der Waals surface area (Å²) in [6.07, 6.45) is 2.12. The van der Waals surface area contributed by atoms with Gasteiger partial charge in [-0.15, -0.1) is 0 Å². The van der Waals surface area contributed by atoms with Crippen LogP contribution in [0.2, 0.25) is 0 Å². The van der Waals surface area contributed by atoms with Crippen LogP contribution in [0.3, 0.4) is 0 Å². The van der Waals surface area contributed by atoms with Gasteiger partial charge in [-0.3, -0.25) is 4.90 Å². The largest absolute Gasteiger partial charge is 0.377 e. The van der Waals surface area contributed by atoms with E-state index in [2.05, 4.69) is 25.8 Å². The van der Waals surface area contributed by atoms with Gasteiger partial charge < -0.3 is 10.5 Å². The van der Waals surface area contributed by atoms with Crippen LogP contribution in [0.25, 0.3) is 0 Å². The lowest BCUT2D eigenvalue weighted by molar-refractivity contribution is 0.0608. The minimum Gasteiger partial charge on any atom is -0.377 e. The van der Waals surface area contributed by atoms with Gasteiger partial charge in [0.15, 0.2) is 0 Å². The van der Waals surface area contributed by atoms with Crippen LogP contribution in [-0.2, 0) is 4.74 Å².